The lowest BCUT2D eigenvalue weighted by Crippen LogP contribution is -2.32. The second-order valence-corrected chi connectivity index (χ2v) is 8.55. The Bertz CT molecular complexity index is 978. The van der Waals surface area contributed by atoms with E-state index in [9.17, 15) is 4.39 Å². The van der Waals surface area contributed by atoms with Crippen LogP contribution >= 0.6 is 22.9 Å². The Hall–Kier alpha value is -2.15. The van der Waals surface area contributed by atoms with Crippen LogP contribution in [0.3, 0.4) is 0 Å². The van der Waals surface area contributed by atoms with Crippen LogP contribution < -0.4 is 9.64 Å². The number of benzene rings is 2. The van der Waals surface area contributed by atoms with Gasteiger partial charge in [0.15, 0.2) is 5.13 Å². The van der Waals surface area contributed by atoms with E-state index < -0.39 is 0 Å². The van der Waals surface area contributed by atoms with Gasteiger partial charge >= 0.3 is 0 Å². The second-order valence-electron chi connectivity index (χ2n) is 6.96. The lowest BCUT2D eigenvalue weighted by Gasteiger charge is -2.31. The van der Waals surface area contributed by atoms with Crippen LogP contribution in [0.15, 0.2) is 42.5 Å². The van der Waals surface area contributed by atoms with Gasteiger partial charge < -0.3 is 14.4 Å². The van der Waals surface area contributed by atoms with Gasteiger partial charge in [0.25, 0.3) is 0 Å². The van der Waals surface area contributed by atoms with E-state index in [0.29, 0.717) is 17.4 Å². The Labute approximate surface area is 186 Å². The van der Waals surface area contributed by atoms with Gasteiger partial charge in [-0.15, -0.1) is 11.3 Å². The molecule has 2 aromatic carbocycles. The van der Waals surface area contributed by atoms with Gasteiger partial charge in [-0.25, -0.2) is 9.37 Å². The number of anilines is 1. The van der Waals surface area contributed by atoms with E-state index in [4.69, 9.17) is 26.1 Å². The molecule has 30 heavy (non-hydrogen) atoms. The maximum absolute atomic E-state index is 13.5. The van der Waals surface area contributed by atoms with E-state index in [1.807, 2.05) is 31.2 Å². The summed E-state index contributed by atoms with van der Waals surface area (Å²) in [5, 5.41) is 1.49. The molecule has 1 unspecified atom stereocenters. The summed E-state index contributed by atoms with van der Waals surface area (Å²) < 4.78 is 24.2. The molecule has 0 fully saturated rings. The average Bonchev–Trinajstić information content (AvgIpc) is 3.12. The fraction of sp³-hybridized carbons (Fsp3) is 0.348. The molecule has 3 rings (SSSR count). The van der Waals surface area contributed by atoms with E-state index >= 15 is 0 Å². The number of rotatable bonds is 9. The maximum atomic E-state index is 13.5. The third-order valence-electron chi connectivity index (χ3n) is 4.88. The van der Waals surface area contributed by atoms with Gasteiger partial charge in [0.2, 0.25) is 0 Å². The van der Waals surface area contributed by atoms with E-state index in [0.717, 1.165) is 39.8 Å². The number of nitrogens with zero attached hydrogens (tertiary/aromatic N) is 2. The zero-order valence-corrected chi connectivity index (χ0v) is 19.2. The summed E-state index contributed by atoms with van der Waals surface area (Å²) in [6.07, 6.45) is 0.943. The quantitative estimate of drug-likeness (QED) is 0.373. The molecule has 0 saturated carbocycles. The van der Waals surface area contributed by atoms with Crippen molar-refractivity contribution < 1.29 is 13.9 Å². The minimum atomic E-state index is -0.251. The molecular formula is C23H26ClFN2O2S. The number of thiazole rings is 1. The first kappa shape index (κ1) is 22.5. The fourth-order valence-electron chi connectivity index (χ4n) is 3.40. The lowest BCUT2D eigenvalue weighted by molar-refractivity contribution is 0.177. The van der Waals surface area contributed by atoms with Crippen molar-refractivity contribution in [1.29, 1.82) is 0 Å². The summed E-state index contributed by atoms with van der Waals surface area (Å²) in [5.41, 5.74) is 2.72. The number of hydrogen-bond acceptors (Lipinski definition) is 5. The molecule has 0 aliphatic heterocycles. The molecule has 7 heteroatoms. The Balaban J connectivity index is 2.01. The standard InChI is InChI=1S/C23H26ClFN2O2S/c1-5-12-27(21(14-28-3)16-6-8-17(25)9-7-16)23-26-22(15(2)30-23)19-11-10-18(29-4)13-20(19)24/h6-11,13,21H,5,12,14H2,1-4H3. The van der Waals surface area contributed by atoms with Crippen molar-refractivity contribution in [2.75, 3.05) is 32.3 Å². The average molecular weight is 449 g/mol. The summed E-state index contributed by atoms with van der Waals surface area (Å²) in [7, 11) is 3.29. The lowest BCUT2D eigenvalue weighted by atomic mass is 10.1. The number of methoxy groups -OCH3 is 2. The number of aromatic nitrogens is 1. The second kappa shape index (κ2) is 10.2. The van der Waals surface area contributed by atoms with Gasteiger partial charge in [0, 0.05) is 24.1 Å². The minimum Gasteiger partial charge on any atom is -0.497 e. The van der Waals surface area contributed by atoms with Crippen molar-refractivity contribution in [3.63, 3.8) is 0 Å². The summed E-state index contributed by atoms with van der Waals surface area (Å²) in [5.74, 6) is 0.458. The highest BCUT2D eigenvalue weighted by Crippen LogP contribution is 2.39. The highest BCUT2D eigenvalue weighted by molar-refractivity contribution is 7.16. The van der Waals surface area contributed by atoms with Gasteiger partial charge in [0.05, 0.1) is 30.5 Å². The summed E-state index contributed by atoms with van der Waals surface area (Å²) in [6, 6.07) is 12.1. The maximum Gasteiger partial charge on any atom is 0.186 e. The van der Waals surface area contributed by atoms with Crippen molar-refractivity contribution in [2.24, 2.45) is 0 Å². The van der Waals surface area contributed by atoms with Crippen LogP contribution in [0.4, 0.5) is 9.52 Å². The van der Waals surface area contributed by atoms with Gasteiger partial charge in [-0.05, 0) is 49.2 Å². The molecule has 0 spiro atoms. The van der Waals surface area contributed by atoms with Crippen LogP contribution in [-0.4, -0.2) is 32.4 Å². The van der Waals surface area contributed by atoms with Crippen LogP contribution in [0, 0.1) is 12.7 Å². The molecule has 0 radical (unpaired) electrons. The Morgan fingerprint density at radius 3 is 2.50 bits per heavy atom. The zero-order chi connectivity index (χ0) is 21.7. The molecule has 0 aliphatic rings. The van der Waals surface area contributed by atoms with Crippen molar-refractivity contribution in [1.82, 2.24) is 4.98 Å². The summed E-state index contributed by atoms with van der Waals surface area (Å²) >= 11 is 8.13. The summed E-state index contributed by atoms with van der Waals surface area (Å²) in [6.45, 7) is 5.45. The molecule has 4 nitrogen and oxygen atoms in total. The van der Waals surface area contributed by atoms with Gasteiger partial charge in [0.1, 0.15) is 11.6 Å². The van der Waals surface area contributed by atoms with Crippen molar-refractivity contribution >= 4 is 28.1 Å². The Morgan fingerprint density at radius 1 is 1.17 bits per heavy atom. The van der Waals surface area contributed by atoms with E-state index in [-0.39, 0.29) is 11.9 Å². The molecule has 0 saturated heterocycles. The largest absolute Gasteiger partial charge is 0.497 e. The molecule has 0 N–H and O–H groups in total. The molecule has 1 heterocycles. The first-order chi connectivity index (χ1) is 14.5. The molecule has 1 aromatic heterocycles. The SMILES string of the molecule is CCCN(c1nc(-c2ccc(OC)cc2Cl)c(C)s1)C(COC)c1ccc(F)cc1. The smallest absolute Gasteiger partial charge is 0.186 e. The highest BCUT2D eigenvalue weighted by Gasteiger charge is 2.25. The monoisotopic (exact) mass is 448 g/mol. The number of hydrogen-bond donors (Lipinski definition) is 0. The van der Waals surface area contributed by atoms with Crippen molar-refractivity contribution in [3.05, 3.63) is 63.7 Å². The van der Waals surface area contributed by atoms with Crippen LogP contribution in [0.1, 0.15) is 29.8 Å². The van der Waals surface area contributed by atoms with Crippen molar-refractivity contribution in [2.45, 2.75) is 26.3 Å². The van der Waals surface area contributed by atoms with E-state index in [2.05, 4.69) is 11.8 Å². The highest BCUT2D eigenvalue weighted by atomic mass is 35.5. The molecule has 0 aliphatic carbocycles. The van der Waals surface area contributed by atoms with Crippen LogP contribution in [-0.2, 0) is 4.74 Å². The Kier molecular flexibility index (Phi) is 7.69. The Morgan fingerprint density at radius 2 is 1.90 bits per heavy atom. The van der Waals surface area contributed by atoms with E-state index in [1.54, 1.807) is 31.6 Å². The first-order valence-corrected chi connectivity index (χ1v) is 11.0. The third-order valence-corrected chi connectivity index (χ3v) is 6.20. The fourth-order valence-corrected chi connectivity index (χ4v) is 4.66. The molecule has 3 aromatic rings. The predicted octanol–water partition coefficient (Wildman–Crippen LogP) is 6.52. The van der Waals surface area contributed by atoms with Gasteiger partial charge in [-0.1, -0.05) is 30.7 Å². The predicted molar refractivity (Wildman–Crippen MR) is 123 cm³/mol. The van der Waals surface area contributed by atoms with Gasteiger partial charge in [-0.3, -0.25) is 0 Å². The molecule has 0 bridgehead atoms. The minimum absolute atomic E-state index is 0.0692. The van der Waals surface area contributed by atoms with Crippen LogP contribution in [0.5, 0.6) is 5.75 Å². The first-order valence-electron chi connectivity index (χ1n) is 9.80. The van der Waals surface area contributed by atoms with Crippen LogP contribution in [0.25, 0.3) is 11.3 Å². The normalized spacial score (nSPS) is 12.1. The summed E-state index contributed by atoms with van der Waals surface area (Å²) in [4.78, 5) is 8.26. The van der Waals surface area contributed by atoms with Gasteiger partial charge in [-0.2, -0.15) is 0 Å². The van der Waals surface area contributed by atoms with Crippen molar-refractivity contribution in [3.8, 4) is 17.0 Å². The molecule has 1 atom stereocenters. The number of ether oxygens (including phenoxy) is 2. The third kappa shape index (κ3) is 4.94. The molecular weight excluding hydrogens is 423 g/mol. The van der Waals surface area contributed by atoms with Crippen LogP contribution in [0.2, 0.25) is 5.02 Å². The van der Waals surface area contributed by atoms with E-state index in [1.165, 1.54) is 12.1 Å². The zero-order valence-electron chi connectivity index (χ0n) is 17.6. The molecule has 160 valence electrons. The topological polar surface area (TPSA) is 34.6 Å². The number of aryl methyl sites for hydroxylation is 1. The number of halogens is 2. The molecule has 0 amide bonds.